The van der Waals surface area contributed by atoms with Gasteiger partial charge in [-0.05, 0) is 91.4 Å². The van der Waals surface area contributed by atoms with Crippen LogP contribution in [0.5, 0.6) is 5.75 Å². The van der Waals surface area contributed by atoms with E-state index in [-0.39, 0.29) is 30.7 Å². The van der Waals surface area contributed by atoms with E-state index in [1.54, 1.807) is 0 Å². The first-order valence-electron chi connectivity index (χ1n) is 13.7. The molecule has 238 valence electrons. The van der Waals surface area contributed by atoms with Gasteiger partial charge in [-0.3, -0.25) is 0 Å². The van der Waals surface area contributed by atoms with Crippen LogP contribution < -0.4 is 4.74 Å². The number of hydrogen-bond acceptors (Lipinski definition) is 5. The van der Waals surface area contributed by atoms with Gasteiger partial charge in [-0.1, -0.05) is 13.0 Å². The van der Waals surface area contributed by atoms with Crippen LogP contribution in [0.3, 0.4) is 0 Å². The normalized spacial score (nSPS) is 28.1. The fraction of sp³-hybridized carbons (Fsp3) is 0.750. The lowest BCUT2D eigenvalue weighted by Gasteiger charge is -2.50. The van der Waals surface area contributed by atoms with Crippen molar-refractivity contribution in [2.45, 2.75) is 88.0 Å². The lowest BCUT2D eigenvalue weighted by atomic mass is 9.55. The monoisotopic (exact) mass is 620 g/mol. The highest BCUT2D eigenvalue weighted by Gasteiger charge is 2.85. The lowest BCUT2D eigenvalue weighted by Crippen LogP contribution is -2.67. The van der Waals surface area contributed by atoms with E-state index in [0.29, 0.717) is 24.0 Å². The van der Waals surface area contributed by atoms with E-state index in [1.807, 2.05) is 18.2 Å². The van der Waals surface area contributed by atoms with E-state index < -0.39 is 43.1 Å². The maximum absolute atomic E-state index is 13.1. The van der Waals surface area contributed by atoms with Crippen LogP contribution >= 0.6 is 0 Å². The van der Waals surface area contributed by atoms with Crippen molar-refractivity contribution in [3.63, 3.8) is 0 Å². The Morgan fingerprint density at radius 2 is 1.60 bits per heavy atom. The molecule has 0 aromatic heterocycles. The van der Waals surface area contributed by atoms with Crippen LogP contribution in [0.25, 0.3) is 0 Å². The zero-order valence-electron chi connectivity index (χ0n) is 23.1. The van der Waals surface area contributed by atoms with Gasteiger partial charge in [0.15, 0.2) is 6.61 Å². The summed E-state index contributed by atoms with van der Waals surface area (Å²) in [5.74, 6) is 1.01. The Bertz CT molecular complexity index is 1080. The molecule has 0 spiro atoms. The molecular formula is C28H33F9O5. The molecule has 4 rings (SSSR count). The Kier molecular flexibility index (Phi) is 9.11. The van der Waals surface area contributed by atoms with Crippen LogP contribution in [0.2, 0.25) is 0 Å². The molecule has 1 aromatic carbocycles. The maximum atomic E-state index is 13.1. The molecule has 0 saturated heterocycles. The minimum atomic E-state index is -6.74. The lowest BCUT2D eigenvalue weighted by molar-refractivity contribution is -0.457. The molecule has 0 N–H and O–H groups in total. The Hall–Kier alpha value is -2.22. The molecule has 2 fully saturated rings. The molecule has 1 unspecified atom stereocenters. The van der Waals surface area contributed by atoms with Gasteiger partial charge in [-0.25, -0.2) is 4.79 Å². The predicted octanol–water partition coefficient (Wildman–Crippen LogP) is 7.31. The second-order valence-corrected chi connectivity index (χ2v) is 11.5. The standard InChI is InChI=1S/C28H33F9O5/c1-24-11-10-19-18-7-5-17(41-15-23(38)39-2)14-16(18)4-6-20(19)21(24)8-9-22(24)40-12-3-13-42-25(26(29,30)31,27(32,33)34)28(35,36)37/h5,7,14,19-22H,3-4,6,8-13,15H2,1-2H3/t19-,20?,21+,22+,24+/m1/s1. The maximum Gasteiger partial charge on any atom is 0.435 e. The molecule has 1 aromatic rings. The summed E-state index contributed by atoms with van der Waals surface area (Å²) in [7, 11) is 1.28. The number of esters is 1. The zero-order chi connectivity index (χ0) is 31.1. The van der Waals surface area contributed by atoms with E-state index in [4.69, 9.17) is 9.47 Å². The van der Waals surface area contributed by atoms with Gasteiger partial charge in [-0.2, -0.15) is 39.5 Å². The SMILES string of the molecule is COC(=O)COc1ccc2c(c1)CCC1[C@@H]2CC[C@]2(C)[C@@H](OCCCOC(C(F)(F)F)(C(F)(F)F)C(F)(F)F)CC[C@@H]12. The second kappa shape index (κ2) is 11.7. The van der Waals surface area contributed by atoms with Crippen molar-refractivity contribution in [3.05, 3.63) is 29.3 Å². The summed E-state index contributed by atoms with van der Waals surface area (Å²) in [4.78, 5) is 11.4. The quantitative estimate of drug-likeness (QED) is 0.165. The molecular weight excluding hydrogens is 587 g/mol. The molecule has 0 heterocycles. The molecule has 0 amide bonds. The molecule has 5 atom stereocenters. The topological polar surface area (TPSA) is 54.0 Å². The number of ether oxygens (including phenoxy) is 4. The third kappa shape index (κ3) is 5.81. The highest BCUT2D eigenvalue weighted by molar-refractivity contribution is 5.70. The second-order valence-electron chi connectivity index (χ2n) is 11.5. The number of carbonyl (C=O) groups is 1. The highest BCUT2D eigenvalue weighted by atomic mass is 19.4. The van der Waals surface area contributed by atoms with E-state index in [2.05, 4.69) is 16.4 Å². The Morgan fingerprint density at radius 3 is 2.21 bits per heavy atom. The van der Waals surface area contributed by atoms with E-state index >= 15 is 0 Å². The molecule has 42 heavy (non-hydrogen) atoms. The Balaban J connectivity index is 1.35. The molecule has 5 nitrogen and oxygen atoms in total. The largest absolute Gasteiger partial charge is 0.482 e. The van der Waals surface area contributed by atoms with E-state index in [0.717, 1.165) is 37.7 Å². The number of fused-ring (bicyclic) bond motifs is 5. The van der Waals surface area contributed by atoms with Gasteiger partial charge in [0.1, 0.15) is 5.75 Å². The summed E-state index contributed by atoms with van der Waals surface area (Å²) < 4.78 is 137. The summed E-state index contributed by atoms with van der Waals surface area (Å²) >= 11 is 0. The number of benzene rings is 1. The van der Waals surface area contributed by atoms with Crippen molar-refractivity contribution in [2.24, 2.45) is 17.3 Å². The fourth-order valence-electron chi connectivity index (χ4n) is 7.31. The van der Waals surface area contributed by atoms with E-state index in [1.165, 1.54) is 12.7 Å². The first-order chi connectivity index (χ1) is 19.5. The van der Waals surface area contributed by atoms with Crippen molar-refractivity contribution in [2.75, 3.05) is 26.9 Å². The average Bonchev–Trinajstić information content (AvgIpc) is 3.22. The number of aryl methyl sites for hydroxylation is 1. The van der Waals surface area contributed by atoms with Crippen LogP contribution in [0.4, 0.5) is 39.5 Å². The highest BCUT2D eigenvalue weighted by Crippen LogP contribution is 2.62. The molecule has 3 aliphatic rings. The number of rotatable bonds is 9. The molecule has 2 saturated carbocycles. The summed E-state index contributed by atoms with van der Waals surface area (Å²) in [5, 5.41) is 0. The van der Waals surface area contributed by atoms with Gasteiger partial charge in [0, 0.05) is 6.61 Å². The van der Waals surface area contributed by atoms with Gasteiger partial charge in [0.2, 0.25) is 0 Å². The van der Waals surface area contributed by atoms with E-state index in [9.17, 15) is 44.3 Å². The predicted molar refractivity (Wildman–Crippen MR) is 130 cm³/mol. The van der Waals surface area contributed by atoms with Crippen LogP contribution in [0, 0.1) is 17.3 Å². The van der Waals surface area contributed by atoms with Crippen LogP contribution in [-0.2, 0) is 25.4 Å². The Labute approximate surface area is 237 Å². The molecule has 3 aliphatic carbocycles. The van der Waals surface area contributed by atoms with Crippen molar-refractivity contribution in [3.8, 4) is 5.75 Å². The smallest absolute Gasteiger partial charge is 0.435 e. The van der Waals surface area contributed by atoms with Gasteiger partial charge < -0.3 is 18.9 Å². The van der Waals surface area contributed by atoms with Crippen molar-refractivity contribution in [1.29, 1.82) is 0 Å². The average molecular weight is 621 g/mol. The number of methoxy groups -OCH3 is 1. The summed E-state index contributed by atoms with van der Waals surface area (Å²) in [5.41, 5.74) is -4.17. The number of carbonyl (C=O) groups excluding carboxylic acids is 1. The van der Waals surface area contributed by atoms with Gasteiger partial charge >= 0.3 is 30.1 Å². The first-order valence-corrected chi connectivity index (χ1v) is 13.7. The first kappa shape index (κ1) is 32.7. The van der Waals surface area contributed by atoms with Crippen molar-refractivity contribution >= 4 is 5.97 Å². The fourth-order valence-corrected chi connectivity index (χ4v) is 7.31. The number of hydrogen-bond donors (Lipinski definition) is 0. The Morgan fingerprint density at radius 1 is 0.929 bits per heavy atom. The molecule has 0 aliphatic heterocycles. The van der Waals surface area contributed by atoms with Crippen LogP contribution in [0.15, 0.2) is 18.2 Å². The van der Waals surface area contributed by atoms with Gasteiger partial charge in [0.25, 0.3) is 0 Å². The molecule has 14 heteroatoms. The van der Waals surface area contributed by atoms with Crippen molar-refractivity contribution < 1.29 is 63.3 Å². The summed E-state index contributed by atoms with van der Waals surface area (Å²) in [6.45, 7) is 0.118. The summed E-state index contributed by atoms with van der Waals surface area (Å²) in [6, 6.07) is 5.79. The minimum Gasteiger partial charge on any atom is -0.482 e. The number of alkyl halides is 9. The van der Waals surface area contributed by atoms with Crippen LogP contribution in [0.1, 0.15) is 62.5 Å². The van der Waals surface area contributed by atoms with Gasteiger partial charge in [-0.15, -0.1) is 0 Å². The molecule has 0 bridgehead atoms. The molecule has 0 radical (unpaired) electrons. The third-order valence-corrected chi connectivity index (χ3v) is 9.32. The van der Waals surface area contributed by atoms with Crippen molar-refractivity contribution in [1.82, 2.24) is 0 Å². The number of halogens is 9. The minimum absolute atomic E-state index is 0.191. The van der Waals surface area contributed by atoms with Crippen LogP contribution in [-0.4, -0.2) is 63.1 Å². The van der Waals surface area contributed by atoms with Gasteiger partial charge in [0.05, 0.1) is 19.8 Å². The third-order valence-electron chi connectivity index (χ3n) is 9.32. The zero-order valence-corrected chi connectivity index (χ0v) is 23.1. The summed E-state index contributed by atoms with van der Waals surface area (Å²) in [6.07, 6.45) is -16.3.